The number of aliphatic carboxylic acids is 1. The Labute approximate surface area is 100 Å². The first-order valence-corrected chi connectivity index (χ1v) is 5.57. The summed E-state index contributed by atoms with van der Waals surface area (Å²) in [6.45, 7) is 5.30. The highest BCUT2D eigenvalue weighted by atomic mass is 16.5. The van der Waals surface area contributed by atoms with Crippen molar-refractivity contribution in [2.45, 2.75) is 24.9 Å². The first kappa shape index (κ1) is 13.7. The molecule has 0 saturated carbocycles. The Morgan fingerprint density at radius 3 is 2.94 bits per heavy atom. The van der Waals surface area contributed by atoms with E-state index < -0.39 is 12.0 Å². The molecule has 0 radical (unpaired) electrons. The van der Waals surface area contributed by atoms with Crippen molar-refractivity contribution in [1.82, 2.24) is 10.6 Å². The fourth-order valence-electron chi connectivity index (χ4n) is 1.62. The van der Waals surface area contributed by atoms with E-state index in [2.05, 4.69) is 17.2 Å². The van der Waals surface area contributed by atoms with E-state index in [0.717, 1.165) is 0 Å². The number of hydrogen-bond acceptors (Lipinski definition) is 4. The number of morpholine rings is 1. The molecule has 6 nitrogen and oxygen atoms in total. The molecule has 1 heterocycles. The van der Waals surface area contributed by atoms with Crippen LogP contribution in [0.3, 0.4) is 0 Å². The van der Waals surface area contributed by atoms with Gasteiger partial charge in [-0.15, -0.1) is 6.58 Å². The van der Waals surface area contributed by atoms with Crippen molar-refractivity contribution in [1.29, 1.82) is 0 Å². The Bertz CT molecular complexity index is 287. The number of carbonyl (C=O) groups excluding carboxylic acids is 1. The summed E-state index contributed by atoms with van der Waals surface area (Å²) in [5.74, 6) is -1.34. The van der Waals surface area contributed by atoms with Crippen molar-refractivity contribution in [2.24, 2.45) is 0 Å². The third-order valence-electron chi connectivity index (χ3n) is 2.47. The van der Waals surface area contributed by atoms with Gasteiger partial charge in [0, 0.05) is 19.0 Å². The minimum absolute atomic E-state index is 0.0399. The van der Waals surface area contributed by atoms with Gasteiger partial charge in [-0.2, -0.15) is 0 Å². The fourth-order valence-corrected chi connectivity index (χ4v) is 1.62. The molecule has 1 saturated heterocycles. The van der Waals surface area contributed by atoms with Crippen molar-refractivity contribution < 1.29 is 19.4 Å². The molecule has 0 spiro atoms. The predicted molar refractivity (Wildman–Crippen MR) is 61.6 cm³/mol. The van der Waals surface area contributed by atoms with Gasteiger partial charge >= 0.3 is 5.97 Å². The Balaban J connectivity index is 2.35. The van der Waals surface area contributed by atoms with Gasteiger partial charge in [-0.1, -0.05) is 6.08 Å². The third-order valence-corrected chi connectivity index (χ3v) is 2.47. The summed E-state index contributed by atoms with van der Waals surface area (Å²) in [4.78, 5) is 22.4. The highest BCUT2D eigenvalue weighted by molar-refractivity contribution is 5.83. The highest BCUT2D eigenvalue weighted by Crippen LogP contribution is 2.00. The lowest BCUT2D eigenvalue weighted by atomic mass is 10.1. The average molecular weight is 242 g/mol. The van der Waals surface area contributed by atoms with E-state index in [1.165, 1.54) is 6.08 Å². The number of carbonyl (C=O) groups is 2. The summed E-state index contributed by atoms with van der Waals surface area (Å²) in [5, 5.41) is 14.4. The topological polar surface area (TPSA) is 87.7 Å². The molecular weight excluding hydrogens is 224 g/mol. The van der Waals surface area contributed by atoms with E-state index in [9.17, 15) is 9.59 Å². The van der Waals surface area contributed by atoms with Gasteiger partial charge in [0.15, 0.2) is 0 Å². The largest absolute Gasteiger partial charge is 0.480 e. The summed E-state index contributed by atoms with van der Waals surface area (Å²) in [6.07, 6.45) is 1.91. The molecule has 1 aliphatic rings. The minimum Gasteiger partial charge on any atom is -0.480 e. The molecule has 1 rings (SSSR count). The van der Waals surface area contributed by atoms with Gasteiger partial charge in [0.05, 0.1) is 13.2 Å². The Morgan fingerprint density at radius 2 is 2.41 bits per heavy atom. The number of carboxylic acid groups (broad SMARTS) is 1. The van der Waals surface area contributed by atoms with Gasteiger partial charge in [0.25, 0.3) is 0 Å². The normalized spacial score (nSPS) is 21.5. The SMILES string of the molecule is C=CCC(NC(=O)CC1COCCN1)C(=O)O. The first-order chi connectivity index (χ1) is 8.13. The number of carboxylic acids is 1. The molecule has 1 amide bonds. The molecule has 2 unspecified atom stereocenters. The molecule has 0 aromatic heterocycles. The fraction of sp³-hybridized carbons (Fsp3) is 0.636. The smallest absolute Gasteiger partial charge is 0.326 e. The number of nitrogens with one attached hydrogen (secondary N) is 2. The molecule has 2 atom stereocenters. The summed E-state index contributed by atoms with van der Waals surface area (Å²) in [6, 6.07) is -0.938. The van der Waals surface area contributed by atoms with Crippen LogP contribution in [-0.2, 0) is 14.3 Å². The van der Waals surface area contributed by atoms with Crippen LogP contribution in [0.2, 0.25) is 0 Å². The van der Waals surface area contributed by atoms with Crippen LogP contribution < -0.4 is 10.6 Å². The number of hydrogen-bond donors (Lipinski definition) is 3. The van der Waals surface area contributed by atoms with Crippen LogP contribution in [-0.4, -0.2) is 48.8 Å². The maximum Gasteiger partial charge on any atom is 0.326 e. The zero-order valence-corrected chi connectivity index (χ0v) is 9.65. The van der Waals surface area contributed by atoms with E-state index in [-0.39, 0.29) is 24.8 Å². The molecule has 0 aromatic rings. The maximum absolute atomic E-state index is 11.6. The second-order valence-corrected chi connectivity index (χ2v) is 3.91. The minimum atomic E-state index is -1.05. The Kier molecular flexibility index (Phi) is 5.65. The van der Waals surface area contributed by atoms with Crippen molar-refractivity contribution in [3.63, 3.8) is 0 Å². The van der Waals surface area contributed by atoms with Crippen LogP contribution in [0, 0.1) is 0 Å². The van der Waals surface area contributed by atoms with Crippen LogP contribution in [0.1, 0.15) is 12.8 Å². The Hall–Kier alpha value is -1.40. The van der Waals surface area contributed by atoms with E-state index in [1.54, 1.807) is 0 Å². The molecule has 0 aromatic carbocycles. The molecule has 6 heteroatoms. The molecule has 0 aliphatic carbocycles. The standard InChI is InChI=1S/C11H18N2O4/c1-2-3-9(11(15)16)13-10(14)6-8-7-17-5-4-12-8/h2,8-9,12H,1,3-7H2,(H,13,14)(H,15,16). The number of amides is 1. The van der Waals surface area contributed by atoms with Crippen LogP contribution in [0.25, 0.3) is 0 Å². The molecule has 1 aliphatic heterocycles. The number of ether oxygens (including phenoxy) is 1. The quantitative estimate of drug-likeness (QED) is 0.547. The summed E-state index contributed by atoms with van der Waals surface area (Å²) in [7, 11) is 0. The second-order valence-electron chi connectivity index (χ2n) is 3.91. The molecular formula is C11H18N2O4. The van der Waals surface area contributed by atoms with Crippen molar-refractivity contribution in [3.05, 3.63) is 12.7 Å². The van der Waals surface area contributed by atoms with E-state index in [0.29, 0.717) is 19.8 Å². The van der Waals surface area contributed by atoms with Gasteiger partial charge in [-0.25, -0.2) is 4.79 Å². The lowest BCUT2D eigenvalue weighted by Gasteiger charge is -2.23. The van der Waals surface area contributed by atoms with Crippen LogP contribution in [0.15, 0.2) is 12.7 Å². The predicted octanol–water partition coefficient (Wildman–Crippen LogP) is -0.490. The van der Waals surface area contributed by atoms with Gasteiger partial charge in [-0.05, 0) is 6.42 Å². The average Bonchev–Trinajstić information content (AvgIpc) is 2.29. The monoisotopic (exact) mass is 242 g/mol. The van der Waals surface area contributed by atoms with Crippen molar-refractivity contribution >= 4 is 11.9 Å². The molecule has 1 fully saturated rings. The number of rotatable bonds is 6. The molecule has 0 bridgehead atoms. The lowest BCUT2D eigenvalue weighted by Crippen LogP contribution is -2.47. The van der Waals surface area contributed by atoms with E-state index >= 15 is 0 Å². The summed E-state index contributed by atoms with van der Waals surface area (Å²) < 4.78 is 5.21. The van der Waals surface area contributed by atoms with Gasteiger partial charge in [0.2, 0.25) is 5.91 Å². The van der Waals surface area contributed by atoms with Gasteiger partial charge in [-0.3, -0.25) is 4.79 Å². The Morgan fingerprint density at radius 1 is 1.65 bits per heavy atom. The van der Waals surface area contributed by atoms with Gasteiger partial charge < -0.3 is 20.5 Å². The zero-order valence-electron chi connectivity index (χ0n) is 9.65. The van der Waals surface area contributed by atoms with Gasteiger partial charge in [0.1, 0.15) is 6.04 Å². The van der Waals surface area contributed by atoms with Crippen molar-refractivity contribution in [2.75, 3.05) is 19.8 Å². The molecule has 17 heavy (non-hydrogen) atoms. The first-order valence-electron chi connectivity index (χ1n) is 5.57. The summed E-state index contributed by atoms with van der Waals surface area (Å²) in [5.41, 5.74) is 0. The zero-order chi connectivity index (χ0) is 12.7. The summed E-state index contributed by atoms with van der Waals surface area (Å²) >= 11 is 0. The molecule has 3 N–H and O–H groups in total. The lowest BCUT2D eigenvalue weighted by molar-refractivity contribution is -0.141. The third kappa shape index (κ3) is 4.97. The highest BCUT2D eigenvalue weighted by Gasteiger charge is 2.21. The van der Waals surface area contributed by atoms with E-state index in [4.69, 9.17) is 9.84 Å². The van der Waals surface area contributed by atoms with Crippen LogP contribution in [0.4, 0.5) is 0 Å². The van der Waals surface area contributed by atoms with E-state index in [1.807, 2.05) is 0 Å². The van der Waals surface area contributed by atoms with Crippen molar-refractivity contribution in [3.8, 4) is 0 Å². The van der Waals surface area contributed by atoms with Crippen LogP contribution in [0.5, 0.6) is 0 Å². The second kappa shape index (κ2) is 7.03. The van der Waals surface area contributed by atoms with Crippen LogP contribution >= 0.6 is 0 Å². The molecule has 96 valence electrons. The maximum atomic E-state index is 11.6.